The Morgan fingerprint density at radius 1 is 1.00 bits per heavy atom. The number of benzene rings is 2. The maximum atomic E-state index is 13.2. The van der Waals surface area contributed by atoms with Crippen LogP contribution in [0.5, 0.6) is 0 Å². The van der Waals surface area contributed by atoms with E-state index in [1.54, 1.807) is 24.5 Å². The third kappa shape index (κ3) is 3.97. The second-order valence-corrected chi connectivity index (χ2v) is 7.03. The van der Waals surface area contributed by atoms with Gasteiger partial charge in [0.1, 0.15) is 5.82 Å². The minimum atomic E-state index is -0.526. The molecule has 2 aromatic carbocycles. The van der Waals surface area contributed by atoms with Crippen LogP contribution in [0.3, 0.4) is 0 Å². The number of halogens is 2. The molecule has 4 rings (SSSR count). The van der Waals surface area contributed by atoms with E-state index >= 15 is 0 Å². The molecule has 1 fully saturated rings. The van der Waals surface area contributed by atoms with Gasteiger partial charge < -0.3 is 10.2 Å². The molecule has 28 heavy (non-hydrogen) atoms. The Kier molecular flexibility index (Phi) is 5.21. The van der Waals surface area contributed by atoms with Crippen molar-refractivity contribution in [2.45, 2.75) is 12.8 Å². The van der Waals surface area contributed by atoms with E-state index in [1.165, 1.54) is 31.0 Å². The fraction of sp³-hybridized carbons (Fsp3) is 0.190. The van der Waals surface area contributed by atoms with Crippen molar-refractivity contribution in [3.63, 3.8) is 0 Å². The molecule has 1 N–H and O–H groups in total. The number of hydrogen-bond donors (Lipinski definition) is 1. The maximum Gasteiger partial charge on any atom is 0.255 e. The van der Waals surface area contributed by atoms with E-state index in [4.69, 9.17) is 11.6 Å². The first-order valence-corrected chi connectivity index (χ1v) is 9.42. The van der Waals surface area contributed by atoms with Crippen molar-refractivity contribution < 1.29 is 9.18 Å². The van der Waals surface area contributed by atoms with Crippen LogP contribution < -0.4 is 10.2 Å². The lowest BCUT2D eigenvalue weighted by atomic mass is 10.1. The van der Waals surface area contributed by atoms with Gasteiger partial charge in [-0.2, -0.15) is 0 Å². The summed E-state index contributed by atoms with van der Waals surface area (Å²) in [6.07, 6.45) is 5.96. The highest BCUT2D eigenvalue weighted by molar-refractivity contribution is 6.31. The SMILES string of the molecule is O=C(Nc1ccc(F)c(Cl)c1)c1ccc(-c2cnc(N3CCCC3)nc2)cc1. The van der Waals surface area contributed by atoms with E-state index in [0.717, 1.165) is 30.2 Å². The molecular formula is C21H18ClFN4O. The van der Waals surface area contributed by atoms with Gasteiger partial charge >= 0.3 is 0 Å². The lowest BCUT2D eigenvalue weighted by Gasteiger charge is -2.14. The van der Waals surface area contributed by atoms with Crippen molar-refractivity contribution in [1.82, 2.24) is 9.97 Å². The topological polar surface area (TPSA) is 58.1 Å². The number of hydrogen-bond acceptors (Lipinski definition) is 4. The van der Waals surface area contributed by atoms with Gasteiger partial charge in [0.15, 0.2) is 0 Å². The predicted molar refractivity (Wildman–Crippen MR) is 108 cm³/mol. The van der Waals surface area contributed by atoms with Gasteiger partial charge in [-0.1, -0.05) is 23.7 Å². The Hall–Kier alpha value is -2.99. The van der Waals surface area contributed by atoms with Crippen molar-refractivity contribution in [2.24, 2.45) is 0 Å². The molecule has 0 radical (unpaired) electrons. The van der Waals surface area contributed by atoms with Gasteiger partial charge in [0.25, 0.3) is 5.91 Å². The summed E-state index contributed by atoms with van der Waals surface area (Å²) in [5.74, 6) is -0.0629. The summed E-state index contributed by atoms with van der Waals surface area (Å²) in [4.78, 5) is 23.5. The van der Waals surface area contributed by atoms with Crippen LogP contribution in [0.1, 0.15) is 23.2 Å². The minimum absolute atomic E-state index is 0.0366. The molecule has 142 valence electrons. The highest BCUT2D eigenvalue weighted by atomic mass is 35.5. The zero-order valence-electron chi connectivity index (χ0n) is 15.0. The van der Waals surface area contributed by atoms with Crippen LogP contribution in [0.15, 0.2) is 54.9 Å². The Balaban J connectivity index is 1.45. The first-order chi connectivity index (χ1) is 13.6. The monoisotopic (exact) mass is 396 g/mol. The Morgan fingerprint density at radius 3 is 2.32 bits per heavy atom. The maximum absolute atomic E-state index is 13.2. The number of carbonyl (C=O) groups excluding carboxylic acids is 1. The third-order valence-corrected chi connectivity index (χ3v) is 4.97. The summed E-state index contributed by atoms with van der Waals surface area (Å²) in [5, 5.41) is 2.67. The zero-order valence-corrected chi connectivity index (χ0v) is 15.8. The lowest BCUT2D eigenvalue weighted by Crippen LogP contribution is -2.20. The number of anilines is 2. The molecule has 0 saturated carbocycles. The van der Waals surface area contributed by atoms with E-state index in [-0.39, 0.29) is 10.9 Å². The van der Waals surface area contributed by atoms with E-state index in [1.807, 2.05) is 12.1 Å². The predicted octanol–water partition coefficient (Wildman–Crippen LogP) is 4.79. The summed E-state index contributed by atoms with van der Waals surface area (Å²) >= 11 is 5.74. The molecule has 2 heterocycles. The minimum Gasteiger partial charge on any atom is -0.341 e. The average Bonchev–Trinajstić information content (AvgIpc) is 3.26. The Labute approximate surface area is 167 Å². The van der Waals surface area contributed by atoms with Gasteiger partial charge in [-0.3, -0.25) is 4.79 Å². The van der Waals surface area contributed by atoms with Crippen molar-refractivity contribution in [2.75, 3.05) is 23.3 Å². The quantitative estimate of drug-likeness (QED) is 0.689. The number of nitrogens with zero attached hydrogens (tertiary/aromatic N) is 3. The van der Waals surface area contributed by atoms with E-state index in [9.17, 15) is 9.18 Å². The van der Waals surface area contributed by atoms with Crippen LogP contribution in [-0.2, 0) is 0 Å². The number of amides is 1. The van der Waals surface area contributed by atoms with E-state index in [0.29, 0.717) is 11.3 Å². The summed E-state index contributed by atoms with van der Waals surface area (Å²) in [5.41, 5.74) is 2.74. The summed E-state index contributed by atoms with van der Waals surface area (Å²) in [6.45, 7) is 2.00. The molecule has 1 aliphatic heterocycles. The van der Waals surface area contributed by atoms with Crippen LogP contribution in [0.25, 0.3) is 11.1 Å². The molecule has 0 aliphatic carbocycles. The van der Waals surface area contributed by atoms with Crippen LogP contribution in [-0.4, -0.2) is 29.0 Å². The Morgan fingerprint density at radius 2 is 1.68 bits per heavy atom. The molecule has 1 amide bonds. The zero-order chi connectivity index (χ0) is 19.5. The normalized spacial score (nSPS) is 13.6. The number of rotatable bonds is 4. The largest absolute Gasteiger partial charge is 0.341 e. The van der Waals surface area contributed by atoms with Crippen LogP contribution in [0, 0.1) is 5.82 Å². The fourth-order valence-corrected chi connectivity index (χ4v) is 3.32. The molecule has 0 spiro atoms. The van der Waals surface area contributed by atoms with Crippen molar-refractivity contribution in [3.8, 4) is 11.1 Å². The smallest absolute Gasteiger partial charge is 0.255 e. The van der Waals surface area contributed by atoms with E-state index in [2.05, 4.69) is 20.2 Å². The standard InChI is InChI=1S/C21H18ClFN4O/c22-18-11-17(7-8-19(18)23)26-20(28)15-5-3-14(4-6-15)16-12-24-21(25-13-16)27-9-1-2-10-27/h3-8,11-13H,1-2,9-10H2,(H,26,28). The van der Waals surface area contributed by atoms with Gasteiger partial charge in [-0.25, -0.2) is 14.4 Å². The summed E-state index contributed by atoms with van der Waals surface area (Å²) < 4.78 is 13.2. The van der Waals surface area contributed by atoms with Crippen LogP contribution in [0.2, 0.25) is 5.02 Å². The lowest BCUT2D eigenvalue weighted by molar-refractivity contribution is 0.102. The number of nitrogens with one attached hydrogen (secondary N) is 1. The molecule has 1 aromatic heterocycles. The summed E-state index contributed by atoms with van der Waals surface area (Å²) in [6, 6.07) is 11.2. The van der Waals surface area contributed by atoms with Crippen molar-refractivity contribution in [1.29, 1.82) is 0 Å². The molecular weight excluding hydrogens is 379 g/mol. The van der Waals surface area contributed by atoms with Gasteiger partial charge in [-0.15, -0.1) is 0 Å². The van der Waals surface area contributed by atoms with Gasteiger partial charge in [-0.05, 0) is 48.7 Å². The summed E-state index contributed by atoms with van der Waals surface area (Å²) in [7, 11) is 0. The van der Waals surface area contributed by atoms with Gasteiger partial charge in [0, 0.05) is 42.3 Å². The highest BCUT2D eigenvalue weighted by Crippen LogP contribution is 2.23. The molecule has 0 unspecified atom stereocenters. The molecule has 5 nitrogen and oxygen atoms in total. The van der Waals surface area contributed by atoms with Gasteiger partial charge in [0.05, 0.1) is 5.02 Å². The molecule has 0 atom stereocenters. The van der Waals surface area contributed by atoms with Crippen molar-refractivity contribution >= 4 is 29.1 Å². The number of aromatic nitrogens is 2. The highest BCUT2D eigenvalue weighted by Gasteiger charge is 2.15. The third-order valence-electron chi connectivity index (χ3n) is 4.69. The molecule has 0 bridgehead atoms. The van der Waals surface area contributed by atoms with Crippen molar-refractivity contribution in [3.05, 3.63) is 71.3 Å². The van der Waals surface area contributed by atoms with Crippen LogP contribution >= 0.6 is 11.6 Å². The Bertz CT molecular complexity index is 986. The second kappa shape index (κ2) is 7.94. The molecule has 7 heteroatoms. The number of carbonyl (C=O) groups is 1. The van der Waals surface area contributed by atoms with Crippen LogP contribution in [0.4, 0.5) is 16.0 Å². The second-order valence-electron chi connectivity index (χ2n) is 6.63. The molecule has 1 aliphatic rings. The first-order valence-electron chi connectivity index (χ1n) is 9.04. The van der Waals surface area contributed by atoms with Gasteiger partial charge in [0.2, 0.25) is 5.95 Å². The molecule has 1 saturated heterocycles. The average molecular weight is 397 g/mol. The fourth-order valence-electron chi connectivity index (χ4n) is 3.14. The first kappa shape index (κ1) is 18.4. The van der Waals surface area contributed by atoms with E-state index < -0.39 is 5.82 Å². The molecule has 3 aromatic rings.